The number of nitrogens with zero attached hydrogens (tertiary/aromatic N) is 1. The van der Waals surface area contributed by atoms with E-state index in [0.29, 0.717) is 15.6 Å². The second-order valence-corrected chi connectivity index (χ2v) is 3.67. The minimum atomic E-state index is -0.650. The fourth-order valence-electron chi connectivity index (χ4n) is 0.981. The van der Waals surface area contributed by atoms with Gasteiger partial charge in [0.1, 0.15) is 0 Å². The van der Waals surface area contributed by atoms with Crippen molar-refractivity contribution in [2.75, 3.05) is 0 Å². The van der Waals surface area contributed by atoms with E-state index in [9.17, 15) is 4.79 Å². The molecule has 0 unspecified atom stereocenters. The lowest BCUT2D eigenvalue weighted by Crippen LogP contribution is -2.23. The third-order valence-corrected chi connectivity index (χ3v) is 2.34. The van der Waals surface area contributed by atoms with Gasteiger partial charge in [-0.1, -0.05) is 29.3 Å². The van der Waals surface area contributed by atoms with Gasteiger partial charge < -0.3 is 16.3 Å². The molecule has 0 amide bonds. The van der Waals surface area contributed by atoms with Gasteiger partial charge in [-0.15, -0.1) is 0 Å². The summed E-state index contributed by atoms with van der Waals surface area (Å²) >= 11 is 11.7. The van der Waals surface area contributed by atoms with Crippen LogP contribution in [0.4, 0.5) is 0 Å². The molecule has 86 valence electrons. The Hall–Kier alpha value is -1.46. The van der Waals surface area contributed by atoms with Gasteiger partial charge in [0.2, 0.25) is 5.96 Å². The van der Waals surface area contributed by atoms with E-state index in [1.54, 1.807) is 18.2 Å². The first-order valence-electron chi connectivity index (χ1n) is 4.22. The van der Waals surface area contributed by atoms with Gasteiger partial charge in [0.05, 0.1) is 6.42 Å². The van der Waals surface area contributed by atoms with E-state index in [0.717, 1.165) is 0 Å². The Kier molecular flexibility index (Phi) is 4.39. The van der Waals surface area contributed by atoms with Gasteiger partial charge in [-0.2, -0.15) is 0 Å². The maximum absolute atomic E-state index is 11.3. The molecule has 0 saturated carbocycles. The zero-order chi connectivity index (χ0) is 12.1. The molecule has 0 bridgehead atoms. The molecule has 0 fully saturated rings. The lowest BCUT2D eigenvalue weighted by Gasteiger charge is -2.04. The molecule has 16 heavy (non-hydrogen) atoms. The van der Waals surface area contributed by atoms with Crippen LogP contribution in [0.15, 0.2) is 23.4 Å². The molecule has 1 aromatic carbocycles. The van der Waals surface area contributed by atoms with Crippen molar-refractivity contribution in [1.82, 2.24) is 0 Å². The third-order valence-electron chi connectivity index (χ3n) is 1.64. The highest BCUT2D eigenvalue weighted by atomic mass is 35.5. The fraction of sp³-hybridized carbons (Fsp3) is 0.111. The molecular weight excluding hydrogens is 253 g/mol. The molecule has 0 radical (unpaired) electrons. The van der Waals surface area contributed by atoms with Crippen molar-refractivity contribution < 1.29 is 9.63 Å². The molecule has 0 atom stereocenters. The SMILES string of the molecule is NC(N)=NOC(=O)Cc1c(Cl)cccc1Cl. The van der Waals surface area contributed by atoms with Crippen LogP contribution >= 0.6 is 23.2 Å². The first-order valence-corrected chi connectivity index (χ1v) is 4.98. The van der Waals surface area contributed by atoms with Gasteiger partial charge in [-0.3, -0.25) is 0 Å². The first-order chi connectivity index (χ1) is 7.50. The van der Waals surface area contributed by atoms with E-state index < -0.39 is 5.97 Å². The van der Waals surface area contributed by atoms with Gasteiger partial charge >= 0.3 is 5.97 Å². The Morgan fingerprint density at radius 1 is 1.31 bits per heavy atom. The predicted molar refractivity (Wildman–Crippen MR) is 62.1 cm³/mol. The summed E-state index contributed by atoms with van der Waals surface area (Å²) in [6, 6.07) is 4.92. The van der Waals surface area contributed by atoms with Crippen molar-refractivity contribution in [1.29, 1.82) is 0 Å². The smallest absolute Gasteiger partial charge is 0.339 e. The fourth-order valence-corrected chi connectivity index (χ4v) is 1.51. The van der Waals surface area contributed by atoms with Gasteiger partial charge in [0, 0.05) is 15.6 Å². The monoisotopic (exact) mass is 261 g/mol. The summed E-state index contributed by atoms with van der Waals surface area (Å²) in [6.45, 7) is 0. The molecule has 0 saturated heterocycles. The highest BCUT2D eigenvalue weighted by molar-refractivity contribution is 6.36. The zero-order valence-electron chi connectivity index (χ0n) is 8.11. The van der Waals surface area contributed by atoms with E-state index in [4.69, 9.17) is 34.7 Å². The summed E-state index contributed by atoms with van der Waals surface area (Å²) in [6.07, 6.45) is -0.102. The second-order valence-electron chi connectivity index (χ2n) is 2.86. The summed E-state index contributed by atoms with van der Waals surface area (Å²) in [5, 5.41) is 3.88. The van der Waals surface area contributed by atoms with Crippen LogP contribution < -0.4 is 11.5 Å². The summed E-state index contributed by atoms with van der Waals surface area (Å²) in [4.78, 5) is 15.7. The molecule has 0 aromatic heterocycles. The van der Waals surface area contributed by atoms with Crippen molar-refractivity contribution in [3.63, 3.8) is 0 Å². The second kappa shape index (κ2) is 5.58. The Morgan fingerprint density at radius 2 is 1.88 bits per heavy atom. The normalized spacial score (nSPS) is 9.62. The van der Waals surface area contributed by atoms with E-state index in [2.05, 4.69) is 9.99 Å². The molecular formula is C9H9Cl2N3O2. The van der Waals surface area contributed by atoms with Gasteiger partial charge in [-0.25, -0.2) is 4.79 Å². The first kappa shape index (κ1) is 12.6. The van der Waals surface area contributed by atoms with Crippen molar-refractivity contribution in [2.24, 2.45) is 16.6 Å². The Bertz CT molecular complexity index is 411. The average molecular weight is 262 g/mol. The summed E-state index contributed by atoms with van der Waals surface area (Å²) in [5.41, 5.74) is 10.5. The standard InChI is InChI=1S/C9H9Cl2N3O2/c10-6-2-1-3-7(11)5(6)4-8(15)16-14-9(12)13/h1-3H,4H2,(H4,12,13,14). The van der Waals surface area contributed by atoms with Crippen LogP contribution in [0.2, 0.25) is 10.0 Å². The zero-order valence-corrected chi connectivity index (χ0v) is 9.63. The number of rotatable bonds is 3. The number of oxime groups is 1. The number of hydrogen-bond donors (Lipinski definition) is 2. The summed E-state index contributed by atoms with van der Waals surface area (Å²) in [7, 11) is 0. The van der Waals surface area contributed by atoms with Gasteiger partial charge in [0.25, 0.3) is 0 Å². The Labute approximate surface area is 102 Å². The van der Waals surface area contributed by atoms with Crippen molar-refractivity contribution in [3.05, 3.63) is 33.8 Å². The highest BCUT2D eigenvalue weighted by Crippen LogP contribution is 2.24. The van der Waals surface area contributed by atoms with Crippen molar-refractivity contribution in [2.45, 2.75) is 6.42 Å². The summed E-state index contributed by atoms with van der Waals surface area (Å²) in [5.74, 6) is -0.984. The number of nitrogens with two attached hydrogens (primary N) is 2. The van der Waals surface area contributed by atoms with Gasteiger partial charge in [0.15, 0.2) is 0 Å². The molecule has 1 aromatic rings. The minimum absolute atomic E-state index is 0.102. The maximum atomic E-state index is 11.3. The molecule has 0 spiro atoms. The third kappa shape index (κ3) is 3.60. The van der Waals surface area contributed by atoms with Gasteiger partial charge in [-0.05, 0) is 17.3 Å². The van der Waals surface area contributed by atoms with E-state index in [-0.39, 0.29) is 12.4 Å². The number of guanidine groups is 1. The molecule has 0 aliphatic heterocycles. The Balaban J connectivity index is 2.74. The van der Waals surface area contributed by atoms with Crippen molar-refractivity contribution >= 4 is 35.1 Å². The molecule has 0 aliphatic rings. The lowest BCUT2D eigenvalue weighted by atomic mass is 10.1. The number of carbonyl (C=O) groups is 1. The number of benzene rings is 1. The van der Waals surface area contributed by atoms with Crippen LogP contribution in [0, 0.1) is 0 Å². The molecule has 4 N–H and O–H groups in total. The average Bonchev–Trinajstić information content (AvgIpc) is 2.21. The highest BCUT2D eigenvalue weighted by Gasteiger charge is 2.11. The number of hydrogen-bond acceptors (Lipinski definition) is 3. The topological polar surface area (TPSA) is 90.7 Å². The summed E-state index contributed by atoms with van der Waals surface area (Å²) < 4.78 is 0. The minimum Gasteiger partial charge on any atom is -0.367 e. The van der Waals surface area contributed by atoms with Crippen LogP contribution in [0.25, 0.3) is 0 Å². The Morgan fingerprint density at radius 3 is 2.38 bits per heavy atom. The van der Waals surface area contributed by atoms with Crippen molar-refractivity contribution in [3.8, 4) is 0 Å². The molecule has 5 nitrogen and oxygen atoms in total. The van der Waals surface area contributed by atoms with E-state index in [1.807, 2.05) is 0 Å². The molecule has 0 aliphatic carbocycles. The van der Waals surface area contributed by atoms with E-state index >= 15 is 0 Å². The van der Waals surface area contributed by atoms with Crippen LogP contribution in [-0.4, -0.2) is 11.9 Å². The number of carbonyl (C=O) groups excluding carboxylic acids is 1. The number of halogens is 2. The molecule has 7 heteroatoms. The molecule has 1 rings (SSSR count). The van der Waals surface area contributed by atoms with Crippen LogP contribution in [0.1, 0.15) is 5.56 Å². The van der Waals surface area contributed by atoms with Crippen LogP contribution in [0.5, 0.6) is 0 Å². The van der Waals surface area contributed by atoms with Crippen LogP contribution in [0.3, 0.4) is 0 Å². The van der Waals surface area contributed by atoms with Crippen LogP contribution in [-0.2, 0) is 16.1 Å². The predicted octanol–water partition coefficient (Wildman–Crippen LogP) is 1.27. The lowest BCUT2D eigenvalue weighted by molar-refractivity contribution is -0.142. The quantitative estimate of drug-likeness (QED) is 0.371. The largest absolute Gasteiger partial charge is 0.367 e. The van der Waals surface area contributed by atoms with E-state index in [1.165, 1.54) is 0 Å². The maximum Gasteiger partial charge on any atom is 0.339 e. The molecule has 0 heterocycles.